The molecule has 0 spiro atoms. The van der Waals surface area contributed by atoms with E-state index in [0.29, 0.717) is 11.5 Å². The van der Waals surface area contributed by atoms with Crippen molar-refractivity contribution in [2.45, 2.75) is 10.9 Å². The first-order valence-electron chi connectivity index (χ1n) is 5.58. The van der Waals surface area contributed by atoms with Gasteiger partial charge in [-0.3, -0.25) is 4.79 Å². The maximum absolute atomic E-state index is 13.6. The van der Waals surface area contributed by atoms with E-state index < -0.39 is 32.7 Å². The molecule has 1 fully saturated rings. The average molecular weight is 304 g/mol. The van der Waals surface area contributed by atoms with Crippen LogP contribution in [0.2, 0.25) is 0 Å². The fourth-order valence-electron chi connectivity index (χ4n) is 1.88. The summed E-state index contributed by atoms with van der Waals surface area (Å²) in [7, 11) is -4.04. The molecular weight excluding hydrogens is 291 g/mol. The molecule has 0 radical (unpaired) electrons. The van der Waals surface area contributed by atoms with E-state index in [4.69, 9.17) is 5.73 Å². The number of halogens is 1. The van der Waals surface area contributed by atoms with Crippen molar-refractivity contribution in [2.24, 2.45) is 5.73 Å². The van der Waals surface area contributed by atoms with E-state index in [9.17, 15) is 17.6 Å². The first-order chi connectivity index (χ1) is 8.94. The number of rotatable bonds is 3. The first kappa shape index (κ1) is 14.3. The molecule has 1 aromatic rings. The quantitative estimate of drug-likeness (QED) is 0.877. The van der Waals surface area contributed by atoms with Crippen LogP contribution in [0.5, 0.6) is 0 Å². The van der Waals surface area contributed by atoms with Crippen LogP contribution < -0.4 is 5.73 Å². The number of primary amides is 1. The van der Waals surface area contributed by atoms with Gasteiger partial charge < -0.3 is 5.73 Å². The highest BCUT2D eigenvalue weighted by Crippen LogP contribution is 2.25. The van der Waals surface area contributed by atoms with Gasteiger partial charge >= 0.3 is 0 Å². The molecule has 1 amide bonds. The molecule has 1 heterocycles. The number of carbonyl (C=O) groups is 1. The van der Waals surface area contributed by atoms with Crippen LogP contribution >= 0.6 is 11.8 Å². The molecule has 5 nitrogen and oxygen atoms in total. The van der Waals surface area contributed by atoms with Crippen molar-refractivity contribution in [3.8, 4) is 0 Å². The SMILES string of the molecule is NC(=O)C1CSCCN1S(=O)(=O)c1ccccc1F. The Hall–Kier alpha value is -1.12. The molecule has 0 bridgehead atoms. The van der Waals surface area contributed by atoms with Gasteiger partial charge in [0.05, 0.1) is 0 Å². The van der Waals surface area contributed by atoms with E-state index >= 15 is 0 Å². The minimum atomic E-state index is -4.04. The summed E-state index contributed by atoms with van der Waals surface area (Å²) in [6, 6.07) is 4.18. The smallest absolute Gasteiger partial charge is 0.246 e. The van der Waals surface area contributed by atoms with Crippen molar-refractivity contribution in [3.63, 3.8) is 0 Å². The van der Waals surface area contributed by atoms with E-state index in [1.165, 1.54) is 30.0 Å². The van der Waals surface area contributed by atoms with Crippen molar-refractivity contribution in [2.75, 3.05) is 18.1 Å². The summed E-state index contributed by atoms with van der Waals surface area (Å²) in [6.07, 6.45) is 0. The Balaban J connectivity index is 2.43. The summed E-state index contributed by atoms with van der Waals surface area (Å²) in [4.78, 5) is 10.9. The Morgan fingerprint density at radius 3 is 2.74 bits per heavy atom. The molecular formula is C11H13FN2O3S2. The zero-order valence-corrected chi connectivity index (χ0v) is 11.6. The maximum Gasteiger partial charge on any atom is 0.246 e. The molecule has 2 N–H and O–H groups in total. The Morgan fingerprint density at radius 2 is 2.11 bits per heavy atom. The van der Waals surface area contributed by atoms with Gasteiger partial charge in [0.2, 0.25) is 15.9 Å². The van der Waals surface area contributed by atoms with Crippen LogP contribution in [-0.4, -0.2) is 42.7 Å². The summed E-state index contributed by atoms with van der Waals surface area (Å²) in [5, 5.41) is 0. The molecule has 19 heavy (non-hydrogen) atoms. The minimum absolute atomic E-state index is 0.148. The summed E-state index contributed by atoms with van der Waals surface area (Å²) >= 11 is 1.45. The van der Waals surface area contributed by atoms with Crippen LogP contribution in [0, 0.1) is 5.82 Å². The first-order valence-corrected chi connectivity index (χ1v) is 8.17. The monoisotopic (exact) mass is 304 g/mol. The largest absolute Gasteiger partial charge is 0.368 e. The number of nitrogens with zero attached hydrogens (tertiary/aromatic N) is 1. The van der Waals surface area contributed by atoms with Gasteiger partial charge in [0, 0.05) is 18.1 Å². The van der Waals surface area contributed by atoms with Crippen LogP contribution in [0.25, 0.3) is 0 Å². The van der Waals surface area contributed by atoms with Gasteiger partial charge in [-0.25, -0.2) is 12.8 Å². The van der Waals surface area contributed by atoms with E-state index in [2.05, 4.69) is 0 Å². The zero-order valence-electron chi connectivity index (χ0n) is 9.95. The third-order valence-corrected chi connectivity index (χ3v) is 5.80. The summed E-state index contributed by atoms with van der Waals surface area (Å²) in [6.45, 7) is 0.148. The lowest BCUT2D eigenvalue weighted by atomic mass is 10.3. The number of carbonyl (C=O) groups excluding carboxylic acids is 1. The summed E-state index contributed by atoms with van der Waals surface area (Å²) in [5.74, 6) is -0.698. The van der Waals surface area contributed by atoms with Gasteiger partial charge in [-0.05, 0) is 12.1 Å². The summed E-state index contributed by atoms with van der Waals surface area (Å²) < 4.78 is 39.4. The van der Waals surface area contributed by atoms with Crippen molar-refractivity contribution in [1.29, 1.82) is 0 Å². The second-order valence-corrected chi connectivity index (χ2v) is 7.05. The van der Waals surface area contributed by atoms with Crippen molar-refractivity contribution < 1.29 is 17.6 Å². The van der Waals surface area contributed by atoms with Gasteiger partial charge in [-0.15, -0.1) is 0 Å². The van der Waals surface area contributed by atoms with Gasteiger partial charge in [-0.2, -0.15) is 16.1 Å². The number of amides is 1. The number of hydrogen-bond acceptors (Lipinski definition) is 4. The van der Waals surface area contributed by atoms with Crippen LogP contribution in [0.1, 0.15) is 0 Å². The molecule has 104 valence electrons. The third kappa shape index (κ3) is 2.75. The minimum Gasteiger partial charge on any atom is -0.368 e. The number of nitrogens with two attached hydrogens (primary N) is 1. The molecule has 1 aromatic carbocycles. The summed E-state index contributed by atoms with van der Waals surface area (Å²) in [5.41, 5.74) is 5.22. The average Bonchev–Trinajstić information content (AvgIpc) is 2.39. The number of hydrogen-bond donors (Lipinski definition) is 1. The van der Waals surface area contributed by atoms with Crippen molar-refractivity contribution >= 4 is 27.7 Å². The molecule has 8 heteroatoms. The Morgan fingerprint density at radius 1 is 1.42 bits per heavy atom. The predicted molar refractivity (Wildman–Crippen MR) is 70.6 cm³/mol. The van der Waals surface area contributed by atoms with Crippen LogP contribution in [0.4, 0.5) is 4.39 Å². The molecule has 1 aliphatic rings. The van der Waals surface area contributed by atoms with Gasteiger partial charge in [-0.1, -0.05) is 12.1 Å². The highest BCUT2D eigenvalue weighted by molar-refractivity contribution is 7.99. The molecule has 1 atom stereocenters. The highest BCUT2D eigenvalue weighted by Gasteiger charge is 2.37. The van der Waals surface area contributed by atoms with E-state index in [1.807, 2.05) is 0 Å². The van der Waals surface area contributed by atoms with E-state index in [0.717, 1.165) is 10.4 Å². The predicted octanol–water partition coefficient (Wildman–Crippen LogP) is 0.417. The fraction of sp³-hybridized carbons (Fsp3) is 0.364. The zero-order chi connectivity index (χ0) is 14.0. The van der Waals surface area contributed by atoms with E-state index in [1.54, 1.807) is 0 Å². The topological polar surface area (TPSA) is 80.5 Å². The number of thioether (sulfide) groups is 1. The van der Waals surface area contributed by atoms with Crippen LogP contribution in [0.15, 0.2) is 29.2 Å². The van der Waals surface area contributed by atoms with Gasteiger partial charge in [0.25, 0.3) is 0 Å². The standard InChI is InChI=1S/C11H13FN2O3S2/c12-8-3-1-2-4-10(8)19(16,17)14-5-6-18-7-9(14)11(13)15/h1-4,9H,5-7H2,(H2,13,15). The van der Waals surface area contributed by atoms with Gasteiger partial charge in [0.15, 0.2) is 0 Å². The number of sulfonamides is 1. The van der Waals surface area contributed by atoms with E-state index in [-0.39, 0.29) is 6.54 Å². The van der Waals surface area contributed by atoms with Crippen molar-refractivity contribution in [3.05, 3.63) is 30.1 Å². The fourth-order valence-corrected chi connectivity index (χ4v) is 4.81. The molecule has 0 saturated carbocycles. The molecule has 1 aliphatic heterocycles. The normalized spacial score (nSPS) is 21.2. The maximum atomic E-state index is 13.6. The lowest BCUT2D eigenvalue weighted by molar-refractivity contribution is -0.121. The van der Waals surface area contributed by atoms with Gasteiger partial charge in [0.1, 0.15) is 16.8 Å². The molecule has 2 rings (SSSR count). The number of benzene rings is 1. The Kier molecular flexibility index (Phi) is 4.12. The second-order valence-electron chi connectivity index (χ2n) is 4.04. The van der Waals surface area contributed by atoms with Crippen LogP contribution in [-0.2, 0) is 14.8 Å². The Labute approximate surface area is 115 Å². The lowest BCUT2D eigenvalue weighted by Crippen LogP contribution is -2.52. The third-order valence-electron chi connectivity index (χ3n) is 2.83. The molecule has 0 aliphatic carbocycles. The highest BCUT2D eigenvalue weighted by atomic mass is 32.2. The Bertz CT molecular complexity index is 591. The lowest BCUT2D eigenvalue weighted by Gasteiger charge is -2.32. The molecule has 0 aromatic heterocycles. The molecule has 1 saturated heterocycles. The van der Waals surface area contributed by atoms with Crippen LogP contribution in [0.3, 0.4) is 0 Å². The van der Waals surface area contributed by atoms with Crippen molar-refractivity contribution in [1.82, 2.24) is 4.31 Å². The second kappa shape index (κ2) is 5.48. The molecule has 1 unspecified atom stereocenters.